The fraction of sp³-hybridized carbons (Fsp3) is 0.440. The molecule has 0 saturated carbocycles. The number of nitrogens with zero attached hydrogens (tertiary/aromatic N) is 4. The number of hydrogen-bond acceptors (Lipinski definition) is 5. The molecule has 3 N–H and O–H groups in total. The van der Waals surface area contributed by atoms with Crippen molar-refractivity contribution in [3.05, 3.63) is 58.9 Å². The van der Waals surface area contributed by atoms with Crippen LogP contribution in [-0.2, 0) is 6.18 Å². The SMILES string of the molecule is CN1CCN(c2cc(/C=N/NC(N)=S)cc(F)c2N2CCC(c3cccc(C(F)(F)F)c3)CC2)CC1. The lowest BCUT2D eigenvalue weighted by Gasteiger charge is -2.40. The van der Waals surface area contributed by atoms with Gasteiger partial charge in [-0.1, -0.05) is 18.2 Å². The molecule has 36 heavy (non-hydrogen) atoms. The Hall–Kier alpha value is -2.92. The molecule has 2 fully saturated rings. The van der Waals surface area contributed by atoms with E-state index in [0.717, 1.165) is 37.9 Å². The molecule has 11 heteroatoms. The van der Waals surface area contributed by atoms with Crippen LogP contribution in [0.1, 0.15) is 35.4 Å². The first-order valence-electron chi connectivity index (χ1n) is 11.9. The maximum Gasteiger partial charge on any atom is 0.416 e. The summed E-state index contributed by atoms with van der Waals surface area (Å²) in [6.45, 7) is 4.34. The van der Waals surface area contributed by atoms with Gasteiger partial charge in [-0.05, 0) is 67.4 Å². The van der Waals surface area contributed by atoms with Crippen LogP contribution in [0.4, 0.5) is 28.9 Å². The monoisotopic (exact) mass is 522 g/mol. The Bertz CT molecular complexity index is 1110. The van der Waals surface area contributed by atoms with Crippen LogP contribution in [0, 0.1) is 5.82 Å². The van der Waals surface area contributed by atoms with E-state index in [1.165, 1.54) is 24.4 Å². The number of thiocarbonyl (C=S) groups is 1. The maximum absolute atomic E-state index is 15.6. The smallest absolute Gasteiger partial charge is 0.375 e. The summed E-state index contributed by atoms with van der Waals surface area (Å²) in [6, 6.07) is 8.89. The summed E-state index contributed by atoms with van der Waals surface area (Å²) < 4.78 is 55.1. The van der Waals surface area contributed by atoms with E-state index in [1.807, 2.05) is 11.0 Å². The number of hydrogen-bond donors (Lipinski definition) is 2. The van der Waals surface area contributed by atoms with E-state index in [4.69, 9.17) is 18.0 Å². The van der Waals surface area contributed by atoms with Crippen LogP contribution in [-0.4, -0.2) is 62.5 Å². The number of rotatable bonds is 5. The van der Waals surface area contributed by atoms with Gasteiger partial charge in [-0.25, -0.2) is 4.39 Å². The molecule has 194 valence electrons. The molecule has 0 aromatic heterocycles. The average Bonchev–Trinajstić information content (AvgIpc) is 2.84. The number of piperidine rings is 1. The van der Waals surface area contributed by atoms with Gasteiger partial charge >= 0.3 is 6.18 Å². The third-order valence-electron chi connectivity index (χ3n) is 6.79. The second-order valence-electron chi connectivity index (χ2n) is 9.28. The lowest BCUT2D eigenvalue weighted by Crippen LogP contribution is -2.45. The van der Waals surface area contributed by atoms with Gasteiger partial charge in [0, 0.05) is 39.3 Å². The first-order chi connectivity index (χ1) is 17.1. The number of anilines is 2. The van der Waals surface area contributed by atoms with Crippen molar-refractivity contribution in [1.82, 2.24) is 10.3 Å². The Kier molecular flexibility index (Phi) is 7.99. The highest BCUT2D eigenvalue weighted by Crippen LogP contribution is 2.39. The van der Waals surface area contributed by atoms with Crippen LogP contribution < -0.4 is 21.0 Å². The molecule has 0 spiro atoms. The largest absolute Gasteiger partial charge is 0.416 e. The van der Waals surface area contributed by atoms with Gasteiger partial charge in [0.2, 0.25) is 0 Å². The summed E-state index contributed by atoms with van der Waals surface area (Å²) >= 11 is 4.76. The molecule has 4 rings (SSSR count). The molecule has 0 bridgehead atoms. The number of hydrazone groups is 1. The van der Waals surface area contributed by atoms with Gasteiger partial charge in [0.05, 0.1) is 23.2 Å². The molecule has 0 atom stereocenters. The lowest BCUT2D eigenvalue weighted by atomic mass is 9.88. The van der Waals surface area contributed by atoms with Crippen molar-refractivity contribution in [2.24, 2.45) is 10.8 Å². The maximum atomic E-state index is 15.6. The van der Waals surface area contributed by atoms with Crippen LogP contribution in [0.2, 0.25) is 0 Å². The number of nitrogens with two attached hydrogens (primary N) is 1. The molecule has 2 aromatic rings. The quantitative estimate of drug-likeness (QED) is 0.266. The summed E-state index contributed by atoms with van der Waals surface area (Å²) in [7, 11) is 2.06. The molecule has 2 aliphatic heterocycles. The van der Waals surface area contributed by atoms with E-state index in [-0.39, 0.29) is 16.8 Å². The van der Waals surface area contributed by atoms with Gasteiger partial charge in [0.1, 0.15) is 5.82 Å². The molecule has 0 radical (unpaired) electrons. The highest BCUT2D eigenvalue weighted by atomic mass is 32.1. The van der Waals surface area contributed by atoms with E-state index in [9.17, 15) is 13.2 Å². The van der Waals surface area contributed by atoms with Gasteiger partial charge in [-0.2, -0.15) is 18.3 Å². The Balaban J connectivity index is 1.57. The van der Waals surface area contributed by atoms with E-state index in [1.54, 1.807) is 6.07 Å². The minimum Gasteiger partial charge on any atom is -0.375 e. The summed E-state index contributed by atoms with van der Waals surface area (Å²) in [4.78, 5) is 6.42. The van der Waals surface area contributed by atoms with Crippen molar-refractivity contribution in [2.45, 2.75) is 24.9 Å². The summed E-state index contributed by atoms with van der Waals surface area (Å²) in [5, 5.41) is 3.98. The van der Waals surface area contributed by atoms with E-state index in [2.05, 4.69) is 27.4 Å². The fourth-order valence-corrected chi connectivity index (χ4v) is 4.91. The zero-order chi connectivity index (χ0) is 25.9. The molecule has 2 heterocycles. The van der Waals surface area contributed by atoms with Crippen LogP contribution >= 0.6 is 12.2 Å². The zero-order valence-corrected chi connectivity index (χ0v) is 20.9. The number of likely N-dealkylation sites (N-methyl/N-ethyl adjacent to an activating group) is 1. The van der Waals surface area contributed by atoms with Crippen LogP contribution in [0.3, 0.4) is 0 Å². The van der Waals surface area contributed by atoms with Crippen molar-refractivity contribution < 1.29 is 17.6 Å². The second kappa shape index (κ2) is 11.0. The van der Waals surface area contributed by atoms with Gasteiger partial charge in [-0.3, -0.25) is 5.43 Å². The molecule has 0 unspecified atom stereocenters. The molecule has 2 aromatic carbocycles. The number of nitrogens with one attached hydrogen (secondary N) is 1. The minimum atomic E-state index is -4.37. The summed E-state index contributed by atoms with van der Waals surface area (Å²) in [5.74, 6) is -0.364. The molecule has 2 aliphatic rings. The van der Waals surface area contributed by atoms with Gasteiger partial charge in [0.15, 0.2) is 5.11 Å². The minimum absolute atomic E-state index is 0.00344. The van der Waals surface area contributed by atoms with Crippen molar-refractivity contribution in [3.8, 4) is 0 Å². The van der Waals surface area contributed by atoms with E-state index in [0.29, 0.717) is 42.7 Å². The second-order valence-corrected chi connectivity index (χ2v) is 9.72. The Morgan fingerprint density at radius 1 is 1.06 bits per heavy atom. The third kappa shape index (κ3) is 6.25. The highest BCUT2D eigenvalue weighted by Gasteiger charge is 2.32. The molecule has 6 nitrogen and oxygen atoms in total. The number of piperazine rings is 1. The molecule has 0 amide bonds. The van der Waals surface area contributed by atoms with Crippen molar-refractivity contribution in [1.29, 1.82) is 0 Å². The highest BCUT2D eigenvalue weighted by molar-refractivity contribution is 7.80. The number of benzene rings is 2. The topological polar surface area (TPSA) is 60.1 Å². The average molecular weight is 523 g/mol. The zero-order valence-electron chi connectivity index (χ0n) is 20.1. The first-order valence-corrected chi connectivity index (χ1v) is 12.3. The third-order valence-corrected chi connectivity index (χ3v) is 6.89. The van der Waals surface area contributed by atoms with Crippen LogP contribution in [0.15, 0.2) is 41.5 Å². The molecular weight excluding hydrogens is 492 g/mol. The van der Waals surface area contributed by atoms with Gasteiger partial charge in [0.25, 0.3) is 0 Å². The van der Waals surface area contributed by atoms with Crippen LogP contribution in [0.25, 0.3) is 0 Å². The Morgan fingerprint density at radius 2 is 1.75 bits per heavy atom. The van der Waals surface area contributed by atoms with Gasteiger partial charge < -0.3 is 20.4 Å². The van der Waals surface area contributed by atoms with Crippen molar-refractivity contribution in [2.75, 3.05) is 56.1 Å². The standard InChI is InChI=1S/C25H30F4N6S/c1-33-9-11-34(12-10-33)22-14-17(16-31-32-24(30)36)13-21(26)23(22)35-7-5-18(6-8-35)19-3-2-4-20(15-19)25(27,28)29/h2-4,13-16,18H,5-12H2,1H3,(H3,30,32,36)/b31-16+. The van der Waals surface area contributed by atoms with Crippen molar-refractivity contribution in [3.63, 3.8) is 0 Å². The lowest BCUT2D eigenvalue weighted by molar-refractivity contribution is -0.137. The molecule has 2 saturated heterocycles. The molecule has 0 aliphatic carbocycles. The molecular formula is C25H30F4N6S. The predicted octanol–water partition coefficient (Wildman–Crippen LogP) is 4.15. The Labute approximate surface area is 213 Å². The van der Waals surface area contributed by atoms with E-state index < -0.39 is 11.7 Å². The predicted molar refractivity (Wildman–Crippen MR) is 139 cm³/mol. The normalized spacial score (nSPS) is 18.1. The number of alkyl halides is 3. The summed E-state index contributed by atoms with van der Waals surface area (Å²) in [5.41, 5.74) is 9.84. The van der Waals surface area contributed by atoms with Gasteiger partial charge in [-0.15, -0.1) is 0 Å². The summed E-state index contributed by atoms with van der Waals surface area (Å²) in [6.07, 6.45) is -1.60. The van der Waals surface area contributed by atoms with Crippen molar-refractivity contribution >= 4 is 34.9 Å². The Morgan fingerprint density at radius 3 is 2.39 bits per heavy atom. The fourth-order valence-electron chi connectivity index (χ4n) is 4.86. The first kappa shape index (κ1) is 26.2. The van der Waals surface area contributed by atoms with E-state index >= 15 is 4.39 Å². The van der Waals surface area contributed by atoms with Crippen LogP contribution in [0.5, 0.6) is 0 Å². The number of halogens is 4.